The van der Waals surface area contributed by atoms with Crippen molar-refractivity contribution in [1.29, 1.82) is 0 Å². The van der Waals surface area contributed by atoms with Crippen LogP contribution < -0.4 is 16.0 Å². The van der Waals surface area contributed by atoms with Gasteiger partial charge in [-0.05, 0) is 57.2 Å². The number of hydrogen-bond donors (Lipinski definition) is 3. The van der Waals surface area contributed by atoms with Crippen molar-refractivity contribution < 1.29 is 14.3 Å². The molecule has 0 aromatic heterocycles. The molecule has 1 aliphatic carbocycles. The molecule has 3 aliphatic rings. The zero-order chi connectivity index (χ0) is 24.1. The summed E-state index contributed by atoms with van der Waals surface area (Å²) in [6.07, 6.45) is 5.53. The van der Waals surface area contributed by atoms with Crippen molar-refractivity contribution in [3.63, 3.8) is 0 Å². The first-order chi connectivity index (χ1) is 16.4. The van der Waals surface area contributed by atoms with Gasteiger partial charge in [-0.3, -0.25) is 14.5 Å². The van der Waals surface area contributed by atoms with Crippen molar-refractivity contribution in [3.05, 3.63) is 46.7 Å². The Balaban J connectivity index is 1.37. The average Bonchev–Trinajstić information content (AvgIpc) is 3.23. The molecule has 34 heavy (non-hydrogen) atoms. The van der Waals surface area contributed by atoms with Gasteiger partial charge < -0.3 is 25.6 Å². The first kappa shape index (κ1) is 24.8. The van der Waals surface area contributed by atoms with Crippen LogP contribution in [0.5, 0.6) is 0 Å². The van der Waals surface area contributed by atoms with Crippen LogP contribution in [0.15, 0.2) is 36.2 Å². The van der Waals surface area contributed by atoms with E-state index in [0.717, 1.165) is 57.6 Å². The number of carbonyl (C=O) groups is 2. The van der Waals surface area contributed by atoms with Crippen molar-refractivity contribution in [1.82, 2.24) is 25.8 Å². The van der Waals surface area contributed by atoms with E-state index >= 15 is 0 Å². The number of ether oxygens (including phenoxy) is 1. The number of morpholine rings is 1. The summed E-state index contributed by atoms with van der Waals surface area (Å²) in [5, 5.41) is 10.0. The number of halogens is 1. The summed E-state index contributed by atoms with van der Waals surface area (Å²) in [5.74, 6) is -0.225. The molecule has 2 aliphatic heterocycles. The highest BCUT2D eigenvalue weighted by atomic mass is 35.5. The Morgan fingerprint density at radius 1 is 1.18 bits per heavy atom. The van der Waals surface area contributed by atoms with Gasteiger partial charge in [0.15, 0.2) is 0 Å². The van der Waals surface area contributed by atoms with Crippen molar-refractivity contribution in [2.24, 2.45) is 0 Å². The van der Waals surface area contributed by atoms with E-state index in [-0.39, 0.29) is 36.6 Å². The van der Waals surface area contributed by atoms with Crippen LogP contribution in [-0.4, -0.2) is 72.6 Å². The third-order valence-electron chi connectivity index (χ3n) is 6.70. The number of hydrogen-bond acceptors (Lipinski definition) is 6. The van der Waals surface area contributed by atoms with Crippen molar-refractivity contribution in [2.45, 2.75) is 63.8 Å². The van der Waals surface area contributed by atoms with E-state index in [1.807, 2.05) is 43.0 Å². The zero-order valence-corrected chi connectivity index (χ0v) is 20.8. The number of nitrogens with zero attached hydrogens (tertiary/aromatic N) is 2. The molecular weight excluding hydrogens is 454 g/mol. The van der Waals surface area contributed by atoms with Crippen LogP contribution >= 0.6 is 11.6 Å². The van der Waals surface area contributed by atoms with E-state index in [1.54, 1.807) is 6.20 Å². The molecule has 3 N–H and O–H groups in total. The molecule has 2 amide bonds. The highest BCUT2D eigenvalue weighted by Gasteiger charge is 2.32. The molecule has 1 aromatic rings. The maximum absolute atomic E-state index is 13.1. The molecule has 1 saturated carbocycles. The van der Waals surface area contributed by atoms with Gasteiger partial charge >= 0.3 is 0 Å². The minimum absolute atomic E-state index is 0.0482. The Bertz CT molecular complexity index is 894. The van der Waals surface area contributed by atoms with Crippen LogP contribution in [0.3, 0.4) is 0 Å². The third-order valence-corrected chi connectivity index (χ3v) is 6.93. The van der Waals surface area contributed by atoms with Gasteiger partial charge in [0.25, 0.3) is 5.91 Å². The number of nitrogens with one attached hydrogen (secondary N) is 3. The predicted molar refractivity (Wildman–Crippen MR) is 132 cm³/mol. The summed E-state index contributed by atoms with van der Waals surface area (Å²) in [4.78, 5) is 30.0. The normalized spacial score (nSPS) is 25.6. The van der Waals surface area contributed by atoms with Gasteiger partial charge in [0, 0.05) is 42.4 Å². The van der Waals surface area contributed by atoms with Gasteiger partial charge in [-0.25, -0.2) is 0 Å². The van der Waals surface area contributed by atoms with Crippen LogP contribution in [0.2, 0.25) is 5.02 Å². The average molecular weight is 490 g/mol. The van der Waals surface area contributed by atoms with Crippen LogP contribution in [0.1, 0.15) is 51.3 Å². The molecule has 1 saturated heterocycles. The van der Waals surface area contributed by atoms with E-state index in [2.05, 4.69) is 20.9 Å². The van der Waals surface area contributed by atoms with E-state index in [0.29, 0.717) is 16.8 Å². The minimum Gasteiger partial charge on any atom is -0.379 e. The number of benzene rings is 1. The Labute approximate surface area is 207 Å². The second-order valence-corrected chi connectivity index (χ2v) is 10.1. The lowest BCUT2D eigenvalue weighted by Gasteiger charge is -2.38. The van der Waals surface area contributed by atoms with E-state index in [4.69, 9.17) is 16.3 Å². The molecule has 186 valence electrons. The van der Waals surface area contributed by atoms with Crippen molar-refractivity contribution in [2.75, 3.05) is 32.8 Å². The fraction of sp³-hybridized carbons (Fsp3) is 0.600. The summed E-state index contributed by atoms with van der Waals surface area (Å²) >= 11 is 6.21. The molecule has 8 nitrogen and oxygen atoms in total. The first-order valence-corrected chi connectivity index (χ1v) is 12.7. The maximum Gasteiger partial charge on any atom is 0.269 e. The summed E-state index contributed by atoms with van der Waals surface area (Å²) in [6.45, 7) is 7.64. The second kappa shape index (κ2) is 11.4. The molecular formula is C25H36ClN5O3. The Kier molecular flexibility index (Phi) is 8.34. The lowest BCUT2D eigenvalue weighted by molar-refractivity contribution is -0.122. The van der Waals surface area contributed by atoms with Gasteiger partial charge in [-0.15, -0.1) is 0 Å². The molecule has 0 radical (unpaired) electrons. The Morgan fingerprint density at radius 2 is 1.91 bits per heavy atom. The summed E-state index contributed by atoms with van der Waals surface area (Å²) in [5.41, 5.74) is 1.37. The highest BCUT2D eigenvalue weighted by Crippen LogP contribution is 2.28. The SMILES string of the molecule is CC(C)NC(=O)CN1C=C(C(=O)NC2CCC(N3CCOCC3)CC2)NC1c1cccc(Cl)c1. The molecule has 0 bridgehead atoms. The standard InChI is InChI=1S/C25H36ClN5O3/c1-17(2)27-23(32)16-31-15-22(29-24(31)18-4-3-5-19(26)14-18)25(33)28-20-6-8-21(9-7-20)30-10-12-34-13-11-30/h3-5,14-15,17,20-21,24,29H,6-13,16H2,1-2H3,(H,27,32)(H,28,33). The highest BCUT2D eigenvalue weighted by molar-refractivity contribution is 6.30. The van der Waals surface area contributed by atoms with E-state index < -0.39 is 0 Å². The fourth-order valence-electron chi connectivity index (χ4n) is 5.04. The molecule has 0 spiro atoms. The van der Waals surface area contributed by atoms with Crippen molar-refractivity contribution >= 4 is 23.4 Å². The third kappa shape index (κ3) is 6.43. The minimum atomic E-state index is -0.339. The molecule has 2 heterocycles. The van der Waals surface area contributed by atoms with Gasteiger partial charge in [-0.1, -0.05) is 23.7 Å². The topological polar surface area (TPSA) is 85.9 Å². The Morgan fingerprint density at radius 3 is 2.59 bits per heavy atom. The molecule has 1 unspecified atom stereocenters. The quantitative estimate of drug-likeness (QED) is 0.545. The summed E-state index contributed by atoms with van der Waals surface area (Å²) in [7, 11) is 0. The molecule has 1 aromatic carbocycles. The number of carbonyl (C=O) groups excluding carboxylic acids is 2. The van der Waals surface area contributed by atoms with Gasteiger partial charge in [-0.2, -0.15) is 0 Å². The first-order valence-electron chi connectivity index (χ1n) is 12.3. The lowest BCUT2D eigenvalue weighted by atomic mass is 9.90. The van der Waals surface area contributed by atoms with Crippen LogP contribution in [0.4, 0.5) is 0 Å². The monoisotopic (exact) mass is 489 g/mol. The van der Waals surface area contributed by atoms with Crippen LogP contribution in [-0.2, 0) is 14.3 Å². The molecule has 1 atom stereocenters. The number of amides is 2. The predicted octanol–water partition coefficient (Wildman–Crippen LogP) is 2.37. The number of rotatable bonds is 7. The fourth-order valence-corrected chi connectivity index (χ4v) is 5.24. The van der Waals surface area contributed by atoms with Gasteiger partial charge in [0.05, 0.1) is 19.8 Å². The molecule has 4 rings (SSSR count). The molecule has 2 fully saturated rings. The molecule has 9 heteroatoms. The lowest BCUT2D eigenvalue weighted by Crippen LogP contribution is -2.48. The van der Waals surface area contributed by atoms with Crippen molar-refractivity contribution in [3.8, 4) is 0 Å². The largest absolute Gasteiger partial charge is 0.379 e. The van der Waals surface area contributed by atoms with Crippen LogP contribution in [0.25, 0.3) is 0 Å². The van der Waals surface area contributed by atoms with Gasteiger partial charge in [0.1, 0.15) is 11.9 Å². The maximum atomic E-state index is 13.1. The van der Waals surface area contributed by atoms with Gasteiger partial charge in [0.2, 0.25) is 5.91 Å². The van der Waals surface area contributed by atoms with E-state index in [1.165, 1.54) is 0 Å². The summed E-state index contributed by atoms with van der Waals surface area (Å²) in [6, 6.07) is 8.28. The van der Waals surface area contributed by atoms with Crippen LogP contribution in [0, 0.1) is 0 Å². The van der Waals surface area contributed by atoms with E-state index in [9.17, 15) is 9.59 Å². The Hall–Kier alpha value is -2.29. The smallest absolute Gasteiger partial charge is 0.269 e. The second-order valence-electron chi connectivity index (χ2n) is 9.67. The summed E-state index contributed by atoms with van der Waals surface area (Å²) < 4.78 is 5.47. The zero-order valence-electron chi connectivity index (χ0n) is 20.1.